The summed E-state index contributed by atoms with van der Waals surface area (Å²) in [4.78, 5) is 21.0. The van der Waals surface area contributed by atoms with Gasteiger partial charge in [-0.05, 0) is 37.5 Å². The minimum atomic E-state index is -0.0107. The number of carbonyl (C=O) groups is 1. The number of hydrogen-bond donors (Lipinski definition) is 1. The summed E-state index contributed by atoms with van der Waals surface area (Å²) >= 11 is 0. The van der Waals surface area contributed by atoms with Crippen molar-refractivity contribution in [2.24, 2.45) is 5.92 Å². The first-order valence-electron chi connectivity index (χ1n) is 8.79. The van der Waals surface area contributed by atoms with Gasteiger partial charge in [-0.3, -0.25) is 0 Å². The van der Waals surface area contributed by atoms with Gasteiger partial charge in [0.1, 0.15) is 5.82 Å². The molecule has 0 radical (unpaired) electrons. The van der Waals surface area contributed by atoms with E-state index < -0.39 is 0 Å². The Bertz CT molecular complexity index is 528. The van der Waals surface area contributed by atoms with Gasteiger partial charge in [0.15, 0.2) is 0 Å². The van der Waals surface area contributed by atoms with Gasteiger partial charge < -0.3 is 19.9 Å². The molecule has 1 saturated heterocycles. The maximum atomic E-state index is 12.5. The molecule has 0 unspecified atom stereocenters. The monoisotopic (exact) mass is 334 g/mol. The molecule has 2 rings (SSSR count). The molecule has 24 heavy (non-hydrogen) atoms. The van der Waals surface area contributed by atoms with Gasteiger partial charge in [0.25, 0.3) is 0 Å². The largest absolute Gasteiger partial charge is 0.378 e. The van der Waals surface area contributed by atoms with Crippen molar-refractivity contribution < 1.29 is 9.53 Å². The second-order valence-electron chi connectivity index (χ2n) is 6.92. The van der Waals surface area contributed by atoms with Crippen LogP contribution in [0.25, 0.3) is 0 Å². The quantitative estimate of drug-likeness (QED) is 0.868. The van der Waals surface area contributed by atoms with Crippen LogP contribution in [0.4, 0.5) is 10.6 Å². The second-order valence-corrected chi connectivity index (χ2v) is 6.92. The lowest BCUT2D eigenvalue weighted by Gasteiger charge is -2.29. The Kier molecular flexibility index (Phi) is 6.85. The highest BCUT2D eigenvalue weighted by atomic mass is 16.5. The van der Waals surface area contributed by atoms with Crippen molar-refractivity contribution in [2.75, 3.05) is 37.7 Å². The molecule has 2 heterocycles. The third-order valence-electron chi connectivity index (χ3n) is 4.03. The van der Waals surface area contributed by atoms with Gasteiger partial charge >= 0.3 is 6.03 Å². The lowest BCUT2D eigenvalue weighted by atomic mass is 10.2. The molecule has 6 nitrogen and oxygen atoms in total. The van der Waals surface area contributed by atoms with E-state index in [0.29, 0.717) is 12.5 Å². The fourth-order valence-corrected chi connectivity index (χ4v) is 2.74. The summed E-state index contributed by atoms with van der Waals surface area (Å²) in [6.45, 7) is 12.8. The van der Waals surface area contributed by atoms with E-state index >= 15 is 0 Å². The average molecular weight is 334 g/mol. The number of morpholine rings is 1. The Morgan fingerprint density at radius 2 is 2.04 bits per heavy atom. The molecule has 0 saturated carbocycles. The molecular formula is C18H30N4O2. The standard InChI is InChI=1S/C18H30N4O2/c1-14(2)13-22(15(3)4)18(23)20-12-16-5-6-19-17(11-16)21-7-9-24-10-8-21/h5-6,11,14-15H,7-10,12-13H2,1-4H3,(H,20,23). The minimum absolute atomic E-state index is 0.0107. The van der Waals surface area contributed by atoms with E-state index in [1.165, 1.54) is 0 Å². The van der Waals surface area contributed by atoms with Crippen LogP contribution in [0, 0.1) is 5.92 Å². The summed E-state index contributed by atoms with van der Waals surface area (Å²) < 4.78 is 5.38. The predicted molar refractivity (Wildman–Crippen MR) is 96.2 cm³/mol. The van der Waals surface area contributed by atoms with Gasteiger partial charge in [0.2, 0.25) is 0 Å². The summed E-state index contributed by atoms with van der Waals surface area (Å²) in [7, 11) is 0. The van der Waals surface area contributed by atoms with Crippen LogP contribution < -0.4 is 10.2 Å². The first-order valence-corrected chi connectivity index (χ1v) is 8.79. The third kappa shape index (κ3) is 5.37. The highest BCUT2D eigenvalue weighted by Gasteiger charge is 2.18. The lowest BCUT2D eigenvalue weighted by molar-refractivity contribution is 0.122. The van der Waals surface area contributed by atoms with Crippen molar-refractivity contribution in [3.8, 4) is 0 Å². The van der Waals surface area contributed by atoms with E-state index in [2.05, 4.69) is 29.0 Å². The molecule has 0 bridgehead atoms. The van der Waals surface area contributed by atoms with Crippen LogP contribution in [0.2, 0.25) is 0 Å². The maximum absolute atomic E-state index is 12.5. The molecular weight excluding hydrogens is 304 g/mol. The van der Waals surface area contributed by atoms with E-state index in [9.17, 15) is 4.79 Å². The number of carbonyl (C=O) groups excluding carboxylic acids is 1. The average Bonchev–Trinajstić information content (AvgIpc) is 2.58. The molecule has 0 aromatic carbocycles. The van der Waals surface area contributed by atoms with Crippen molar-refractivity contribution in [3.63, 3.8) is 0 Å². The van der Waals surface area contributed by atoms with Crippen LogP contribution in [0.1, 0.15) is 33.3 Å². The molecule has 0 atom stereocenters. The number of ether oxygens (including phenoxy) is 1. The molecule has 6 heteroatoms. The summed E-state index contributed by atoms with van der Waals surface area (Å²) in [5.41, 5.74) is 1.06. The van der Waals surface area contributed by atoms with Crippen LogP contribution >= 0.6 is 0 Å². The van der Waals surface area contributed by atoms with E-state index in [4.69, 9.17) is 4.74 Å². The first-order chi connectivity index (χ1) is 11.5. The van der Waals surface area contributed by atoms with E-state index in [0.717, 1.165) is 44.2 Å². The summed E-state index contributed by atoms with van der Waals surface area (Å²) in [5, 5.41) is 3.03. The fraction of sp³-hybridized carbons (Fsp3) is 0.667. The number of aromatic nitrogens is 1. The molecule has 0 spiro atoms. The van der Waals surface area contributed by atoms with E-state index in [1.807, 2.05) is 30.9 Å². The van der Waals surface area contributed by atoms with E-state index in [-0.39, 0.29) is 12.1 Å². The molecule has 1 aromatic heterocycles. The number of hydrogen-bond acceptors (Lipinski definition) is 4. The van der Waals surface area contributed by atoms with E-state index in [1.54, 1.807) is 6.20 Å². The fourth-order valence-electron chi connectivity index (χ4n) is 2.74. The Balaban J connectivity index is 1.94. The number of nitrogens with one attached hydrogen (secondary N) is 1. The summed E-state index contributed by atoms with van der Waals surface area (Å²) in [6.07, 6.45) is 1.81. The van der Waals surface area contributed by atoms with Crippen molar-refractivity contribution in [1.82, 2.24) is 15.2 Å². The van der Waals surface area contributed by atoms with Gasteiger partial charge in [0, 0.05) is 38.4 Å². The van der Waals surface area contributed by atoms with Crippen molar-refractivity contribution >= 4 is 11.8 Å². The molecule has 1 aliphatic heterocycles. The molecule has 1 N–H and O–H groups in total. The van der Waals surface area contributed by atoms with Crippen LogP contribution in [0.3, 0.4) is 0 Å². The maximum Gasteiger partial charge on any atom is 0.317 e. The zero-order valence-corrected chi connectivity index (χ0v) is 15.3. The Morgan fingerprint density at radius 3 is 2.67 bits per heavy atom. The minimum Gasteiger partial charge on any atom is -0.378 e. The molecule has 0 aliphatic carbocycles. The van der Waals surface area contributed by atoms with Gasteiger partial charge in [-0.1, -0.05) is 13.8 Å². The molecule has 1 aromatic rings. The molecule has 134 valence electrons. The van der Waals surface area contributed by atoms with Crippen LogP contribution in [-0.4, -0.2) is 54.8 Å². The highest BCUT2D eigenvalue weighted by molar-refractivity contribution is 5.74. The smallest absolute Gasteiger partial charge is 0.317 e. The van der Waals surface area contributed by atoms with Crippen LogP contribution in [0.5, 0.6) is 0 Å². The van der Waals surface area contributed by atoms with Gasteiger partial charge in [-0.25, -0.2) is 9.78 Å². The Hall–Kier alpha value is -1.82. The lowest BCUT2D eigenvalue weighted by Crippen LogP contribution is -2.45. The number of anilines is 1. The zero-order chi connectivity index (χ0) is 17.5. The first kappa shape index (κ1) is 18.5. The van der Waals surface area contributed by atoms with Crippen LogP contribution in [-0.2, 0) is 11.3 Å². The SMILES string of the molecule is CC(C)CN(C(=O)NCc1ccnc(N2CCOCC2)c1)C(C)C. The molecule has 1 aliphatic rings. The summed E-state index contributed by atoms with van der Waals surface area (Å²) in [6, 6.07) is 4.18. The topological polar surface area (TPSA) is 57.7 Å². The van der Waals surface area contributed by atoms with Gasteiger partial charge in [0.05, 0.1) is 13.2 Å². The third-order valence-corrected chi connectivity index (χ3v) is 4.03. The predicted octanol–water partition coefficient (Wildman–Crippen LogP) is 2.49. The number of rotatable bonds is 6. The van der Waals surface area contributed by atoms with Gasteiger partial charge in [-0.2, -0.15) is 0 Å². The number of amides is 2. The Morgan fingerprint density at radius 1 is 1.33 bits per heavy atom. The normalized spacial score (nSPS) is 15.0. The molecule has 2 amide bonds. The van der Waals surface area contributed by atoms with Crippen molar-refractivity contribution in [2.45, 2.75) is 40.3 Å². The van der Waals surface area contributed by atoms with Gasteiger partial charge in [-0.15, -0.1) is 0 Å². The number of urea groups is 1. The Labute approximate surface area is 145 Å². The second kappa shape index (κ2) is 8.87. The highest BCUT2D eigenvalue weighted by Crippen LogP contribution is 2.14. The molecule has 1 fully saturated rings. The summed E-state index contributed by atoms with van der Waals surface area (Å²) in [5.74, 6) is 1.40. The number of pyridine rings is 1. The van der Waals surface area contributed by atoms with Crippen molar-refractivity contribution in [3.05, 3.63) is 23.9 Å². The zero-order valence-electron chi connectivity index (χ0n) is 15.3. The number of nitrogens with zero attached hydrogens (tertiary/aromatic N) is 3. The van der Waals surface area contributed by atoms with Crippen molar-refractivity contribution in [1.29, 1.82) is 0 Å². The van der Waals surface area contributed by atoms with Crippen LogP contribution in [0.15, 0.2) is 18.3 Å².